The van der Waals surface area contributed by atoms with Crippen LogP contribution in [-0.4, -0.2) is 25.7 Å². The van der Waals surface area contributed by atoms with Crippen LogP contribution in [0.15, 0.2) is 54.6 Å². The summed E-state index contributed by atoms with van der Waals surface area (Å²) in [5.41, 5.74) is 1.36. The van der Waals surface area contributed by atoms with Gasteiger partial charge < -0.3 is 14.8 Å². The Morgan fingerprint density at radius 3 is 2.64 bits per heavy atom. The lowest BCUT2D eigenvalue weighted by atomic mass is 10.1. The third-order valence-electron chi connectivity index (χ3n) is 3.29. The van der Waals surface area contributed by atoms with Crippen molar-refractivity contribution in [3.63, 3.8) is 0 Å². The minimum Gasteiger partial charge on any atom is -0.465 e. The van der Waals surface area contributed by atoms with Gasteiger partial charge in [-0.15, -0.1) is 0 Å². The Morgan fingerprint density at radius 2 is 1.92 bits per heavy atom. The van der Waals surface area contributed by atoms with E-state index >= 15 is 0 Å². The molecule has 0 radical (unpaired) electrons. The standard InChI is InChI=1S/C19H18FNO4/c1-24-18(22)16-9-10-17(20)15(12-16)8-5-11-21-19(23)25-13-14-6-3-2-4-7-14/h2-10,12H,11,13H2,1H3,(H,21,23). The molecule has 25 heavy (non-hydrogen) atoms. The molecular weight excluding hydrogens is 325 g/mol. The summed E-state index contributed by atoms with van der Waals surface area (Å²) < 4.78 is 23.4. The number of halogens is 1. The molecule has 2 aromatic rings. The quantitative estimate of drug-likeness (QED) is 0.815. The van der Waals surface area contributed by atoms with E-state index in [9.17, 15) is 14.0 Å². The molecule has 0 aliphatic heterocycles. The predicted octanol–water partition coefficient (Wildman–Crippen LogP) is 3.55. The molecule has 0 fully saturated rings. The Labute approximate surface area is 145 Å². The lowest BCUT2D eigenvalue weighted by molar-refractivity contribution is 0.0600. The number of alkyl carbamates (subject to hydrolysis) is 1. The molecule has 2 aromatic carbocycles. The predicted molar refractivity (Wildman–Crippen MR) is 91.4 cm³/mol. The van der Waals surface area contributed by atoms with Crippen LogP contribution >= 0.6 is 0 Å². The van der Waals surface area contributed by atoms with Crippen LogP contribution in [0.3, 0.4) is 0 Å². The molecule has 0 spiro atoms. The fraction of sp³-hybridized carbons (Fsp3) is 0.158. The van der Waals surface area contributed by atoms with E-state index in [0.717, 1.165) is 5.56 Å². The number of carbonyl (C=O) groups is 2. The van der Waals surface area contributed by atoms with Crippen LogP contribution in [0, 0.1) is 5.82 Å². The first-order valence-corrected chi connectivity index (χ1v) is 7.59. The molecule has 2 rings (SSSR count). The number of benzene rings is 2. The highest BCUT2D eigenvalue weighted by atomic mass is 19.1. The summed E-state index contributed by atoms with van der Waals surface area (Å²) >= 11 is 0. The number of rotatable bonds is 6. The van der Waals surface area contributed by atoms with Crippen LogP contribution in [0.4, 0.5) is 9.18 Å². The Balaban J connectivity index is 1.82. The Bertz CT molecular complexity index is 759. The van der Waals surface area contributed by atoms with Gasteiger partial charge in [0, 0.05) is 12.1 Å². The van der Waals surface area contributed by atoms with Crippen LogP contribution in [0.2, 0.25) is 0 Å². The number of amides is 1. The maximum Gasteiger partial charge on any atom is 0.407 e. The van der Waals surface area contributed by atoms with Gasteiger partial charge in [0.2, 0.25) is 0 Å². The highest BCUT2D eigenvalue weighted by Gasteiger charge is 2.08. The fourth-order valence-corrected chi connectivity index (χ4v) is 2.02. The number of nitrogens with one attached hydrogen (secondary N) is 1. The third-order valence-corrected chi connectivity index (χ3v) is 3.29. The van der Waals surface area contributed by atoms with Crippen molar-refractivity contribution in [1.29, 1.82) is 0 Å². The number of hydrogen-bond acceptors (Lipinski definition) is 4. The first kappa shape index (κ1) is 18.2. The lowest BCUT2D eigenvalue weighted by Crippen LogP contribution is -2.24. The van der Waals surface area contributed by atoms with Crippen molar-refractivity contribution in [2.45, 2.75) is 6.61 Å². The molecule has 0 bridgehead atoms. The second-order valence-corrected chi connectivity index (χ2v) is 5.07. The maximum atomic E-state index is 13.7. The zero-order valence-electron chi connectivity index (χ0n) is 13.7. The van der Waals surface area contributed by atoms with Crippen LogP contribution in [-0.2, 0) is 16.1 Å². The van der Waals surface area contributed by atoms with Crippen molar-refractivity contribution < 1.29 is 23.5 Å². The van der Waals surface area contributed by atoms with E-state index < -0.39 is 17.9 Å². The summed E-state index contributed by atoms with van der Waals surface area (Å²) in [4.78, 5) is 23.0. The summed E-state index contributed by atoms with van der Waals surface area (Å²) in [5.74, 6) is -1.02. The van der Waals surface area contributed by atoms with Crippen molar-refractivity contribution in [3.05, 3.63) is 77.1 Å². The molecule has 1 amide bonds. The molecule has 0 saturated carbocycles. The molecule has 0 saturated heterocycles. The molecule has 0 heterocycles. The second-order valence-electron chi connectivity index (χ2n) is 5.07. The highest BCUT2D eigenvalue weighted by molar-refractivity contribution is 5.90. The van der Waals surface area contributed by atoms with E-state index in [-0.39, 0.29) is 24.3 Å². The SMILES string of the molecule is COC(=O)c1ccc(F)c(C=CCNC(=O)OCc2ccccc2)c1. The van der Waals surface area contributed by atoms with Gasteiger partial charge in [-0.05, 0) is 23.8 Å². The van der Waals surface area contributed by atoms with Crippen LogP contribution in [0.5, 0.6) is 0 Å². The number of carbonyl (C=O) groups excluding carboxylic acids is 2. The zero-order chi connectivity index (χ0) is 18.1. The molecule has 0 aromatic heterocycles. The van der Waals surface area contributed by atoms with Gasteiger partial charge >= 0.3 is 12.1 Å². The van der Waals surface area contributed by atoms with E-state index in [4.69, 9.17) is 4.74 Å². The highest BCUT2D eigenvalue weighted by Crippen LogP contribution is 2.13. The minimum atomic E-state index is -0.572. The average Bonchev–Trinajstić information content (AvgIpc) is 2.65. The summed E-state index contributed by atoms with van der Waals surface area (Å²) in [5, 5.41) is 2.53. The Hall–Kier alpha value is -3.15. The monoisotopic (exact) mass is 343 g/mol. The normalized spacial score (nSPS) is 10.5. The average molecular weight is 343 g/mol. The maximum absolute atomic E-state index is 13.7. The van der Waals surface area contributed by atoms with Crippen molar-refractivity contribution in [2.24, 2.45) is 0 Å². The van der Waals surface area contributed by atoms with Gasteiger partial charge in [-0.1, -0.05) is 42.5 Å². The molecule has 0 unspecified atom stereocenters. The van der Waals surface area contributed by atoms with Gasteiger partial charge in [-0.3, -0.25) is 0 Å². The second kappa shape index (κ2) is 9.22. The largest absolute Gasteiger partial charge is 0.465 e. The molecule has 5 nitrogen and oxygen atoms in total. The van der Waals surface area contributed by atoms with E-state index in [1.807, 2.05) is 30.3 Å². The topological polar surface area (TPSA) is 64.6 Å². The summed E-state index contributed by atoms with van der Waals surface area (Å²) in [6.07, 6.45) is 2.46. The molecule has 130 valence electrons. The van der Waals surface area contributed by atoms with E-state index in [1.54, 1.807) is 6.08 Å². The van der Waals surface area contributed by atoms with Crippen molar-refractivity contribution in [1.82, 2.24) is 5.32 Å². The molecule has 0 aliphatic rings. The van der Waals surface area contributed by atoms with Gasteiger partial charge in [0.15, 0.2) is 0 Å². The van der Waals surface area contributed by atoms with Gasteiger partial charge in [0.25, 0.3) is 0 Å². The van der Waals surface area contributed by atoms with Crippen molar-refractivity contribution in [3.8, 4) is 0 Å². The van der Waals surface area contributed by atoms with Crippen LogP contribution in [0.25, 0.3) is 6.08 Å². The number of ether oxygens (including phenoxy) is 2. The summed E-state index contributed by atoms with van der Waals surface area (Å²) in [7, 11) is 1.26. The third kappa shape index (κ3) is 5.76. The number of hydrogen-bond donors (Lipinski definition) is 1. The lowest BCUT2D eigenvalue weighted by Gasteiger charge is -2.05. The molecular formula is C19H18FNO4. The Kier molecular flexibility index (Phi) is 6.71. The van der Waals surface area contributed by atoms with Gasteiger partial charge in [0.05, 0.1) is 12.7 Å². The fourth-order valence-electron chi connectivity index (χ4n) is 2.02. The number of esters is 1. The Morgan fingerprint density at radius 1 is 1.16 bits per heavy atom. The van der Waals surface area contributed by atoms with Crippen LogP contribution in [0.1, 0.15) is 21.5 Å². The van der Waals surface area contributed by atoms with Crippen LogP contribution < -0.4 is 5.32 Å². The molecule has 0 aliphatic carbocycles. The van der Waals surface area contributed by atoms with Gasteiger partial charge in [-0.2, -0.15) is 0 Å². The van der Waals surface area contributed by atoms with E-state index in [0.29, 0.717) is 0 Å². The van der Waals surface area contributed by atoms with Crippen molar-refractivity contribution in [2.75, 3.05) is 13.7 Å². The summed E-state index contributed by atoms with van der Waals surface area (Å²) in [6.45, 7) is 0.335. The first-order chi connectivity index (χ1) is 12.1. The minimum absolute atomic E-state index is 0.162. The van der Waals surface area contributed by atoms with Gasteiger partial charge in [0.1, 0.15) is 12.4 Å². The zero-order valence-corrected chi connectivity index (χ0v) is 13.7. The molecule has 0 atom stereocenters. The van der Waals surface area contributed by atoms with E-state index in [2.05, 4.69) is 10.1 Å². The van der Waals surface area contributed by atoms with Crippen molar-refractivity contribution >= 4 is 18.1 Å². The van der Waals surface area contributed by atoms with E-state index in [1.165, 1.54) is 31.4 Å². The molecule has 6 heteroatoms. The smallest absolute Gasteiger partial charge is 0.407 e. The first-order valence-electron chi connectivity index (χ1n) is 7.59. The number of methoxy groups -OCH3 is 1. The van der Waals surface area contributed by atoms with Gasteiger partial charge in [-0.25, -0.2) is 14.0 Å². The molecule has 1 N–H and O–H groups in total. The summed E-state index contributed by atoms with van der Waals surface area (Å²) in [6, 6.07) is 13.2.